The first kappa shape index (κ1) is 10.9. The first-order chi connectivity index (χ1) is 7.53. The van der Waals surface area contributed by atoms with Crippen LogP contribution in [0.4, 0.5) is 5.82 Å². The van der Waals surface area contributed by atoms with E-state index in [1.807, 2.05) is 19.1 Å². The molecule has 0 radical (unpaired) electrons. The molecule has 1 N–H and O–H groups in total. The molecule has 3 heteroatoms. The van der Waals surface area contributed by atoms with E-state index in [2.05, 4.69) is 30.2 Å². The molecule has 3 nitrogen and oxygen atoms in total. The molecule has 0 atom stereocenters. The molecule has 84 valence electrons. The molecular weight excluding hydrogens is 198 g/mol. The van der Waals surface area contributed by atoms with E-state index < -0.39 is 0 Å². The smallest absolute Gasteiger partial charge is 0.144 e. The third-order valence-electron chi connectivity index (χ3n) is 3.19. The Balaban J connectivity index is 2.26. The van der Waals surface area contributed by atoms with E-state index in [1.54, 1.807) is 0 Å². The number of nitrogens with one attached hydrogen (secondary N) is 1. The molecule has 1 fully saturated rings. The molecule has 16 heavy (non-hydrogen) atoms. The third kappa shape index (κ3) is 2.16. The maximum atomic E-state index is 9.03. The van der Waals surface area contributed by atoms with Gasteiger partial charge in [-0.3, -0.25) is 0 Å². The Kier molecular flexibility index (Phi) is 2.59. The Hall–Kier alpha value is -1.56. The van der Waals surface area contributed by atoms with E-state index in [1.165, 1.54) is 12.8 Å². The van der Waals surface area contributed by atoms with Gasteiger partial charge in [-0.15, -0.1) is 0 Å². The van der Waals surface area contributed by atoms with Gasteiger partial charge in [0.2, 0.25) is 0 Å². The number of hydrogen-bond acceptors (Lipinski definition) is 3. The quantitative estimate of drug-likeness (QED) is 0.843. The van der Waals surface area contributed by atoms with Crippen molar-refractivity contribution in [1.82, 2.24) is 4.98 Å². The summed E-state index contributed by atoms with van der Waals surface area (Å²) in [5, 5.41) is 12.4. The summed E-state index contributed by atoms with van der Waals surface area (Å²) in [6.07, 6.45) is 2.54. The fraction of sp³-hybridized carbons (Fsp3) is 0.538. The number of aryl methyl sites for hydroxylation is 1. The first-order valence-electron chi connectivity index (χ1n) is 5.69. The van der Waals surface area contributed by atoms with E-state index in [4.69, 9.17) is 5.26 Å². The molecule has 1 aromatic heterocycles. The third-order valence-corrected chi connectivity index (χ3v) is 3.19. The van der Waals surface area contributed by atoms with Crippen LogP contribution in [-0.4, -0.2) is 10.5 Å². The second kappa shape index (κ2) is 3.79. The van der Waals surface area contributed by atoms with Gasteiger partial charge in [-0.25, -0.2) is 4.98 Å². The van der Waals surface area contributed by atoms with E-state index >= 15 is 0 Å². The van der Waals surface area contributed by atoms with E-state index in [-0.39, 0.29) is 5.54 Å². The predicted molar refractivity (Wildman–Crippen MR) is 64.1 cm³/mol. The molecule has 0 bridgehead atoms. The Bertz CT molecular complexity index is 439. The maximum absolute atomic E-state index is 9.03. The molecule has 0 spiro atoms. The van der Waals surface area contributed by atoms with Crippen LogP contribution >= 0.6 is 0 Å². The second-order valence-corrected chi connectivity index (χ2v) is 5.08. The maximum Gasteiger partial charge on any atom is 0.144 e. The van der Waals surface area contributed by atoms with E-state index in [9.17, 15) is 0 Å². The molecule has 1 saturated carbocycles. The Morgan fingerprint density at radius 1 is 1.44 bits per heavy atom. The number of nitrogens with zero attached hydrogens (tertiary/aromatic N) is 2. The molecule has 0 amide bonds. The van der Waals surface area contributed by atoms with Crippen LogP contribution in [0.2, 0.25) is 0 Å². The van der Waals surface area contributed by atoms with E-state index in [0.717, 1.165) is 11.5 Å². The van der Waals surface area contributed by atoms with Crippen molar-refractivity contribution in [3.05, 3.63) is 23.4 Å². The van der Waals surface area contributed by atoms with Crippen LogP contribution in [0.1, 0.15) is 37.9 Å². The number of nitriles is 1. The van der Waals surface area contributed by atoms with Crippen molar-refractivity contribution in [1.29, 1.82) is 5.26 Å². The molecule has 1 aliphatic rings. The summed E-state index contributed by atoms with van der Waals surface area (Å²) in [7, 11) is 0. The molecular formula is C13H17N3. The van der Waals surface area contributed by atoms with Gasteiger partial charge in [0.15, 0.2) is 0 Å². The van der Waals surface area contributed by atoms with Crippen LogP contribution in [0.15, 0.2) is 12.1 Å². The lowest BCUT2D eigenvalue weighted by molar-refractivity contribution is 0.492. The number of aromatic nitrogens is 1. The van der Waals surface area contributed by atoms with Crippen molar-refractivity contribution < 1.29 is 0 Å². The van der Waals surface area contributed by atoms with Gasteiger partial charge in [0.25, 0.3) is 0 Å². The van der Waals surface area contributed by atoms with Gasteiger partial charge >= 0.3 is 0 Å². The van der Waals surface area contributed by atoms with Crippen molar-refractivity contribution >= 4 is 5.82 Å². The molecule has 1 heterocycles. The average molecular weight is 215 g/mol. The van der Waals surface area contributed by atoms with Gasteiger partial charge in [-0.2, -0.15) is 5.26 Å². The molecule has 1 aromatic rings. The fourth-order valence-corrected chi connectivity index (χ4v) is 1.95. The zero-order valence-electron chi connectivity index (χ0n) is 10.0. The highest BCUT2D eigenvalue weighted by Crippen LogP contribution is 2.41. The Morgan fingerprint density at radius 3 is 2.69 bits per heavy atom. The minimum Gasteiger partial charge on any atom is -0.364 e. The molecule has 0 aromatic carbocycles. The van der Waals surface area contributed by atoms with Gasteiger partial charge < -0.3 is 5.32 Å². The summed E-state index contributed by atoms with van der Waals surface area (Å²) >= 11 is 0. The van der Waals surface area contributed by atoms with Crippen molar-refractivity contribution in [3.63, 3.8) is 0 Å². The highest BCUT2D eigenvalue weighted by molar-refractivity contribution is 5.53. The number of anilines is 1. The molecule has 0 saturated heterocycles. The normalized spacial score (nSPS) is 15.6. The van der Waals surface area contributed by atoms with Gasteiger partial charge in [0.05, 0.1) is 5.56 Å². The molecule has 1 aliphatic carbocycles. The Labute approximate surface area is 96.5 Å². The Morgan fingerprint density at radius 2 is 2.12 bits per heavy atom. The largest absolute Gasteiger partial charge is 0.364 e. The van der Waals surface area contributed by atoms with Gasteiger partial charge in [0.1, 0.15) is 11.9 Å². The minimum absolute atomic E-state index is 0.0341. The molecule has 0 unspecified atom stereocenters. The zero-order valence-corrected chi connectivity index (χ0v) is 10.0. The number of hydrogen-bond donors (Lipinski definition) is 1. The fourth-order valence-electron chi connectivity index (χ4n) is 1.95. The van der Waals surface area contributed by atoms with Crippen LogP contribution < -0.4 is 5.32 Å². The first-order valence-corrected chi connectivity index (χ1v) is 5.69. The molecule has 0 aliphatic heterocycles. The highest BCUT2D eigenvalue weighted by Gasteiger charge is 2.38. The lowest BCUT2D eigenvalue weighted by atomic mass is 9.98. The summed E-state index contributed by atoms with van der Waals surface area (Å²) < 4.78 is 0. The minimum atomic E-state index is 0.0341. The van der Waals surface area contributed by atoms with Crippen molar-refractivity contribution in [2.75, 3.05) is 5.32 Å². The van der Waals surface area contributed by atoms with Crippen LogP contribution in [0.3, 0.4) is 0 Å². The lowest BCUT2D eigenvalue weighted by Gasteiger charge is -2.27. The van der Waals surface area contributed by atoms with Crippen LogP contribution in [0.5, 0.6) is 0 Å². The second-order valence-electron chi connectivity index (χ2n) is 5.08. The summed E-state index contributed by atoms with van der Waals surface area (Å²) in [5.74, 6) is 1.43. The van der Waals surface area contributed by atoms with Crippen LogP contribution in [0.25, 0.3) is 0 Å². The van der Waals surface area contributed by atoms with Gasteiger partial charge in [0, 0.05) is 11.2 Å². The highest BCUT2D eigenvalue weighted by atomic mass is 15.1. The van der Waals surface area contributed by atoms with Crippen LogP contribution in [0, 0.1) is 24.2 Å². The summed E-state index contributed by atoms with van der Waals surface area (Å²) in [5.41, 5.74) is 1.60. The topological polar surface area (TPSA) is 48.7 Å². The summed E-state index contributed by atoms with van der Waals surface area (Å²) in [4.78, 5) is 4.41. The number of rotatable bonds is 3. The SMILES string of the molecule is Cc1ccc(C#N)c(NC(C)(C)C2CC2)n1. The molecule has 2 rings (SSSR count). The number of pyridine rings is 1. The summed E-state index contributed by atoms with van der Waals surface area (Å²) in [6.45, 7) is 6.29. The van der Waals surface area contributed by atoms with Crippen molar-refractivity contribution in [2.45, 2.75) is 39.2 Å². The van der Waals surface area contributed by atoms with E-state index in [0.29, 0.717) is 11.5 Å². The zero-order chi connectivity index (χ0) is 11.8. The van der Waals surface area contributed by atoms with Crippen LogP contribution in [-0.2, 0) is 0 Å². The van der Waals surface area contributed by atoms with Crippen molar-refractivity contribution in [3.8, 4) is 6.07 Å². The average Bonchev–Trinajstić information content (AvgIpc) is 3.00. The van der Waals surface area contributed by atoms with Gasteiger partial charge in [-0.05, 0) is 51.7 Å². The summed E-state index contributed by atoms with van der Waals surface area (Å²) in [6, 6.07) is 5.88. The monoisotopic (exact) mass is 215 g/mol. The van der Waals surface area contributed by atoms with Crippen molar-refractivity contribution in [2.24, 2.45) is 5.92 Å². The predicted octanol–water partition coefficient (Wildman–Crippen LogP) is 2.86. The van der Waals surface area contributed by atoms with Gasteiger partial charge in [-0.1, -0.05) is 0 Å². The lowest BCUT2D eigenvalue weighted by Crippen LogP contribution is -2.34. The standard InChI is InChI=1S/C13H17N3/c1-9-4-5-10(8-14)12(15-9)16-13(2,3)11-6-7-11/h4-5,11H,6-7H2,1-3H3,(H,15,16).